The third-order valence-corrected chi connectivity index (χ3v) is 4.46. The van der Waals surface area contributed by atoms with Gasteiger partial charge >= 0.3 is 0 Å². The number of ether oxygens (including phenoxy) is 6. The van der Waals surface area contributed by atoms with Crippen molar-refractivity contribution < 1.29 is 38.6 Å². The molecule has 0 aromatic heterocycles. The summed E-state index contributed by atoms with van der Waals surface area (Å²) in [5.74, 6) is 1.62. The standard InChI is InChI=1S/C25H36O8/c26-9-11-28-13-15-30-17-19-32-24-5-1-22(2-6-24)21-23-3-7-25(8-4-23)33-20-18-31-16-14-29-12-10-27/h1-8,26-27H,9-21H2. The molecule has 0 heterocycles. The Balaban J connectivity index is 1.57. The zero-order valence-corrected chi connectivity index (χ0v) is 19.2. The summed E-state index contributed by atoms with van der Waals surface area (Å²) in [5.41, 5.74) is 2.40. The van der Waals surface area contributed by atoms with Gasteiger partial charge in [-0.3, -0.25) is 0 Å². The van der Waals surface area contributed by atoms with Crippen molar-refractivity contribution in [3.8, 4) is 11.5 Å². The fourth-order valence-corrected chi connectivity index (χ4v) is 2.85. The van der Waals surface area contributed by atoms with E-state index < -0.39 is 0 Å². The van der Waals surface area contributed by atoms with Crippen LogP contribution in [0.2, 0.25) is 0 Å². The lowest BCUT2D eigenvalue weighted by Gasteiger charge is -2.09. The molecule has 0 aliphatic heterocycles. The van der Waals surface area contributed by atoms with Gasteiger partial charge in [-0.1, -0.05) is 24.3 Å². The Bertz CT molecular complexity index is 644. The van der Waals surface area contributed by atoms with Gasteiger partial charge in [0, 0.05) is 0 Å². The van der Waals surface area contributed by atoms with Crippen LogP contribution >= 0.6 is 0 Å². The molecule has 0 radical (unpaired) electrons. The van der Waals surface area contributed by atoms with Crippen LogP contribution < -0.4 is 9.47 Å². The highest BCUT2D eigenvalue weighted by Gasteiger charge is 2.01. The van der Waals surface area contributed by atoms with Gasteiger partial charge in [-0.25, -0.2) is 0 Å². The highest BCUT2D eigenvalue weighted by atomic mass is 16.6. The van der Waals surface area contributed by atoms with Gasteiger partial charge < -0.3 is 38.6 Å². The molecule has 2 N–H and O–H groups in total. The number of aliphatic hydroxyl groups excluding tert-OH is 2. The van der Waals surface area contributed by atoms with Gasteiger partial charge in [0.2, 0.25) is 0 Å². The maximum Gasteiger partial charge on any atom is 0.119 e. The molecule has 33 heavy (non-hydrogen) atoms. The van der Waals surface area contributed by atoms with Crippen LogP contribution in [0.5, 0.6) is 11.5 Å². The third-order valence-electron chi connectivity index (χ3n) is 4.46. The fourth-order valence-electron chi connectivity index (χ4n) is 2.85. The maximum atomic E-state index is 8.61. The summed E-state index contributed by atoms with van der Waals surface area (Å²) >= 11 is 0. The predicted octanol–water partition coefficient (Wildman–Crippen LogP) is 2.09. The van der Waals surface area contributed by atoms with E-state index >= 15 is 0 Å². The van der Waals surface area contributed by atoms with Gasteiger partial charge in [-0.15, -0.1) is 0 Å². The summed E-state index contributed by atoms with van der Waals surface area (Å²) in [7, 11) is 0. The van der Waals surface area contributed by atoms with Crippen LogP contribution in [-0.2, 0) is 25.4 Å². The molecule has 184 valence electrons. The first-order valence-corrected chi connectivity index (χ1v) is 11.3. The van der Waals surface area contributed by atoms with Gasteiger partial charge in [-0.05, 0) is 41.8 Å². The van der Waals surface area contributed by atoms with Crippen molar-refractivity contribution in [3.05, 3.63) is 59.7 Å². The van der Waals surface area contributed by atoms with Crippen molar-refractivity contribution in [3.63, 3.8) is 0 Å². The van der Waals surface area contributed by atoms with E-state index in [1.165, 1.54) is 11.1 Å². The largest absolute Gasteiger partial charge is 0.491 e. The van der Waals surface area contributed by atoms with E-state index in [1.54, 1.807) is 0 Å². The maximum absolute atomic E-state index is 8.61. The molecule has 0 unspecified atom stereocenters. The molecule has 0 atom stereocenters. The van der Waals surface area contributed by atoms with E-state index in [2.05, 4.69) is 24.3 Å². The summed E-state index contributed by atoms with van der Waals surface area (Å²) in [6.07, 6.45) is 0.828. The van der Waals surface area contributed by atoms with Crippen LogP contribution in [0, 0.1) is 0 Å². The summed E-state index contributed by atoms with van der Waals surface area (Å²) in [5, 5.41) is 17.2. The van der Waals surface area contributed by atoms with Crippen molar-refractivity contribution in [1.82, 2.24) is 0 Å². The second-order valence-corrected chi connectivity index (χ2v) is 7.06. The monoisotopic (exact) mass is 464 g/mol. The smallest absolute Gasteiger partial charge is 0.119 e. The molecule has 0 fully saturated rings. The van der Waals surface area contributed by atoms with E-state index in [1.807, 2.05) is 24.3 Å². The van der Waals surface area contributed by atoms with E-state index in [4.69, 9.17) is 38.6 Å². The van der Waals surface area contributed by atoms with E-state index in [0.717, 1.165) is 17.9 Å². The highest BCUT2D eigenvalue weighted by molar-refractivity contribution is 5.34. The lowest BCUT2D eigenvalue weighted by atomic mass is 10.0. The SMILES string of the molecule is OCCOCCOCCOc1ccc(Cc2ccc(OCCOCCOCCO)cc2)cc1. The van der Waals surface area contributed by atoms with Crippen molar-refractivity contribution in [2.75, 3.05) is 79.3 Å². The fraction of sp³-hybridized carbons (Fsp3) is 0.520. The lowest BCUT2D eigenvalue weighted by molar-refractivity contribution is 0.0247. The Morgan fingerprint density at radius 2 is 0.758 bits per heavy atom. The van der Waals surface area contributed by atoms with Gasteiger partial charge in [-0.2, -0.15) is 0 Å². The first-order valence-electron chi connectivity index (χ1n) is 11.3. The van der Waals surface area contributed by atoms with Crippen LogP contribution in [0.15, 0.2) is 48.5 Å². The van der Waals surface area contributed by atoms with Crippen molar-refractivity contribution in [1.29, 1.82) is 0 Å². The van der Waals surface area contributed by atoms with Crippen molar-refractivity contribution in [2.45, 2.75) is 6.42 Å². The summed E-state index contributed by atoms with van der Waals surface area (Å²) in [6.45, 7) is 4.58. The van der Waals surface area contributed by atoms with Gasteiger partial charge in [0.15, 0.2) is 0 Å². The topological polar surface area (TPSA) is 95.8 Å². The molecular weight excluding hydrogens is 428 g/mol. The van der Waals surface area contributed by atoms with E-state index in [-0.39, 0.29) is 13.2 Å². The van der Waals surface area contributed by atoms with E-state index in [0.29, 0.717) is 66.1 Å². The zero-order chi connectivity index (χ0) is 23.4. The molecule has 0 saturated heterocycles. The Labute approximate surface area is 196 Å². The zero-order valence-electron chi connectivity index (χ0n) is 19.2. The Kier molecular flexibility index (Phi) is 15.0. The average Bonchev–Trinajstić information content (AvgIpc) is 2.84. The van der Waals surface area contributed by atoms with Crippen LogP contribution in [0.3, 0.4) is 0 Å². The first kappa shape index (κ1) is 27.0. The summed E-state index contributed by atoms with van der Waals surface area (Å²) in [6, 6.07) is 16.1. The third kappa shape index (κ3) is 13.2. The summed E-state index contributed by atoms with van der Waals surface area (Å²) in [4.78, 5) is 0. The second-order valence-electron chi connectivity index (χ2n) is 7.06. The van der Waals surface area contributed by atoms with Crippen LogP contribution in [0.25, 0.3) is 0 Å². The minimum Gasteiger partial charge on any atom is -0.491 e. The Morgan fingerprint density at radius 1 is 0.424 bits per heavy atom. The van der Waals surface area contributed by atoms with Gasteiger partial charge in [0.05, 0.1) is 66.1 Å². The minimum atomic E-state index is 0.0274. The molecule has 2 rings (SSSR count). The first-order chi connectivity index (χ1) is 16.3. The molecule has 0 bridgehead atoms. The molecule has 2 aromatic carbocycles. The number of hydrogen-bond donors (Lipinski definition) is 2. The molecule has 2 aromatic rings. The molecule has 8 nitrogen and oxygen atoms in total. The average molecular weight is 465 g/mol. The molecule has 0 aliphatic rings. The van der Waals surface area contributed by atoms with Crippen LogP contribution in [0.1, 0.15) is 11.1 Å². The number of aliphatic hydroxyl groups is 2. The molecule has 0 aliphatic carbocycles. The van der Waals surface area contributed by atoms with Crippen molar-refractivity contribution >= 4 is 0 Å². The molecule has 0 saturated carbocycles. The Hall–Kier alpha value is -2.20. The summed E-state index contributed by atoms with van der Waals surface area (Å²) < 4.78 is 32.4. The number of benzene rings is 2. The molecule has 8 heteroatoms. The number of hydrogen-bond acceptors (Lipinski definition) is 8. The second kappa shape index (κ2) is 18.3. The van der Waals surface area contributed by atoms with Crippen molar-refractivity contribution in [2.24, 2.45) is 0 Å². The molecule has 0 spiro atoms. The van der Waals surface area contributed by atoms with Gasteiger partial charge in [0.25, 0.3) is 0 Å². The highest BCUT2D eigenvalue weighted by Crippen LogP contribution is 2.18. The molecule has 0 amide bonds. The number of rotatable bonds is 20. The van der Waals surface area contributed by atoms with Gasteiger partial charge in [0.1, 0.15) is 24.7 Å². The van der Waals surface area contributed by atoms with E-state index in [9.17, 15) is 0 Å². The lowest BCUT2D eigenvalue weighted by Crippen LogP contribution is -2.12. The quantitative estimate of drug-likeness (QED) is 0.288. The normalized spacial score (nSPS) is 11.0. The predicted molar refractivity (Wildman–Crippen MR) is 124 cm³/mol. The minimum absolute atomic E-state index is 0.0274. The Morgan fingerprint density at radius 3 is 1.12 bits per heavy atom. The molecular formula is C25H36O8. The van der Waals surface area contributed by atoms with Crippen LogP contribution in [-0.4, -0.2) is 89.5 Å². The van der Waals surface area contributed by atoms with Crippen LogP contribution in [0.4, 0.5) is 0 Å².